The van der Waals surface area contributed by atoms with Gasteiger partial charge in [-0.15, -0.1) is 0 Å². The van der Waals surface area contributed by atoms with Crippen molar-refractivity contribution < 1.29 is 18.3 Å². The van der Waals surface area contributed by atoms with Gasteiger partial charge in [0.15, 0.2) is 5.96 Å². The van der Waals surface area contributed by atoms with Gasteiger partial charge in [0.2, 0.25) is 0 Å². The molecule has 3 N–H and O–H groups in total. The Balaban J connectivity index is 1.82. The van der Waals surface area contributed by atoms with Crippen molar-refractivity contribution in [2.24, 2.45) is 16.8 Å². The summed E-state index contributed by atoms with van der Waals surface area (Å²) in [6, 6.07) is 0.0416. The van der Waals surface area contributed by atoms with Gasteiger partial charge in [-0.2, -0.15) is 13.2 Å². The number of aliphatic imine (C=N–C) groups is 1. The Morgan fingerprint density at radius 2 is 1.83 bits per heavy atom. The maximum atomic E-state index is 12.7. The first-order chi connectivity index (χ1) is 10.9. The number of rotatable bonds is 4. The van der Waals surface area contributed by atoms with Crippen LogP contribution in [0.4, 0.5) is 13.2 Å². The Kier molecular flexibility index (Phi) is 6.56. The Labute approximate surface area is 135 Å². The molecule has 0 saturated heterocycles. The largest absolute Gasteiger partial charge is 0.393 e. The fraction of sp³-hybridized carbons (Fsp3) is 0.938. The second-order valence-corrected chi connectivity index (χ2v) is 6.71. The Morgan fingerprint density at radius 1 is 1.13 bits per heavy atom. The summed E-state index contributed by atoms with van der Waals surface area (Å²) < 4.78 is 38.1. The number of hydrogen-bond donors (Lipinski definition) is 3. The van der Waals surface area contributed by atoms with Crippen LogP contribution < -0.4 is 10.6 Å². The lowest BCUT2D eigenvalue weighted by Gasteiger charge is -2.31. The Morgan fingerprint density at radius 3 is 2.35 bits per heavy atom. The summed E-state index contributed by atoms with van der Waals surface area (Å²) in [6.07, 6.45) is -0.0873. The molecule has 2 atom stereocenters. The highest BCUT2D eigenvalue weighted by molar-refractivity contribution is 5.80. The summed E-state index contributed by atoms with van der Waals surface area (Å²) in [7, 11) is 0. The zero-order valence-corrected chi connectivity index (χ0v) is 13.7. The number of aliphatic hydroxyl groups is 1. The van der Waals surface area contributed by atoms with E-state index in [1.54, 1.807) is 0 Å². The van der Waals surface area contributed by atoms with Crippen molar-refractivity contribution >= 4 is 5.96 Å². The molecule has 0 spiro atoms. The molecule has 2 rings (SSSR count). The van der Waals surface area contributed by atoms with E-state index in [9.17, 15) is 18.3 Å². The molecule has 2 aliphatic rings. The Bertz CT molecular complexity index is 393. The van der Waals surface area contributed by atoms with Gasteiger partial charge in [0.1, 0.15) is 0 Å². The molecule has 0 aromatic heterocycles. The second kappa shape index (κ2) is 8.22. The highest BCUT2D eigenvalue weighted by Gasteiger charge is 2.41. The zero-order chi connectivity index (χ0) is 16.9. The third-order valence-electron chi connectivity index (χ3n) is 4.98. The predicted octanol–water partition coefficient (Wildman–Crippen LogP) is 2.82. The van der Waals surface area contributed by atoms with Gasteiger partial charge in [-0.05, 0) is 45.4 Å². The summed E-state index contributed by atoms with van der Waals surface area (Å²) >= 11 is 0. The molecule has 0 aromatic carbocycles. The number of halogens is 3. The molecule has 0 amide bonds. The van der Waals surface area contributed by atoms with Crippen molar-refractivity contribution in [2.45, 2.75) is 70.2 Å². The minimum Gasteiger partial charge on any atom is -0.393 e. The van der Waals surface area contributed by atoms with Crippen LogP contribution in [0.25, 0.3) is 0 Å². The van der Waals surface area contributed by atoms with Gasteiger partial charge in [-0.25, -0.2) is 0 Å². The van der Waals surface area contributed by atoms with Crippen LogP contribution >= 0.6 is 0 Å². The van der Waals surface area contributed by atoms with Gasteiger partial charge in [-0.1, -0.05) is 6.42 Å². The van der Waals surface area contributed by atoms with Gasteiger partial charge >= 0.3 is 6.18 Å². The highest BCUT2D eigenvalue weighted by Crippen LogP contribution is 2.37. The van der Waals surface area contributed by atoms with Crippen molar-refractivity contribution in [2.75, 3.05) is 13.1 Å². The molecule has 4 nitrogen and oxygen atoms in total. The van der Waals surface area contributed by atoms with Gasteiger partial charge in [0.25, 0.3) is 0 Å². The molecule has 0 aliphatic heterocycles. The normalized spacial score (nSPS) is 32.8. The average molecular weight is 335 g/mol. The van der Waals surface area contributed by atoms with Gasteiger partial charge < -0.3 is 15.7 Å². The molecule has 7 heteroatoms. The molecular formula is C16H28F3N3O. The van der Waals surface area contributed by atoms with Crippen LogP contribution in [0.1, 0.15) is 51.9 Å². The van der Waals surface area contributed by atoms with E-state index in [0.29, 0.717) is 31.9 Å². The van der Waals surface area contributed by atoms with Crippen LogP contribution in [0.15, 0.2) is 4.99 Å². The van der Waals surface area contributed by atoms with E-state index in [0.717, 1.165) is 19.3 Å². The lowest BCUT2D eigenvalue weighted by atomic mass is 9.85. The van der Waals surface area contributed by atoms with Crippen LogP contribution in [-0.2, 0) is 0 Å². The standard InChI is InChI=1S/C16H28F3N3O/c1-2-20-15(21-10-11-4-3-5-14(11)23)22-13-8-6-12(7-9-13)16(17,18)19/h11-14,23H,2-10H2,1H3,(H2,20,21,22). The van der Waals surface area contributed by atoms with Crippen molar-refractivity contribution in [3.63, 3.8) is 0 Å². The lowest BCUT2D eigenvalue weighted by molar-refractivity contribution is -0.182. The van der Waals surface area contributed by atoms with E-state index in [4.69, 9.17) is 0 Å². The fourth-order valence-electron chi connectivity index (χ4n) is 3.52. The minimum atomic E-state index is -4.07. The number of nitrogens with zero attached hydrogens (tertiary/aromatic N) is 1. The summed E-state index contributed by atoms with van der Waals surface area (Å²) in [5.41, 5.74) is 0. The van der Waals surface area contributed by atoms with Crippen LogP contribution in [0.5, 0.6) is 0 Å². The number of hydrogen-bond acceptors (Lipinski definition) is 2. The molecule has 0 bridgehead atoms. The molecule has 2 aliphatic carbocycles. The average Bonchev–Trinajstić information content (AvgIpc) is 2.90. The summed E-state index contributed by atoms with van der Waals surface area (Å²) in [4.78, 5) is 4.52. The van der Waals surface area contributed by atoms with E-state index in [-0.39, 0.29) is 30.9 Å². The monoisotopic (exact) mass is 335 g/mol. The second-order valence-electron chi connectivity index (χ2n) is 6.71. The zero-order valence-electron chi connectivity index (χ0n) is 13.7. The number of guanidine groups is 1. The van der Waals surface area contributed by atoms with Gasteiger partial charge in [0.05, 0.1) is 12.0 Å². The molecule has 23 heavy (non-hydrogen) atoms. The van der Waals surface area contributed by atoms with Crippen molar-refractivity contribution in [3.05, 3.63) is 0 Å². The van der Waals surface area contributed by atoms with Gasteiger partial charge in [0, 0.05) is 25.0 Å². The maximum absolute atomic E-state index is 12.7. The number of nitrogens with one attached hydrogen (secondary N) is 2. The molecular weight excluding hydrogens is 307 g/mol. The van der Waals surface area contributed by atoms with E-state index in [1.165, 1.54) is 0 Å². The van der Waals surface area contributed by atoms with E-state index < -0.39 is 12.1 Å². The smallest absolute Gasteiger partial charge is 0.391 e. The number of alkyl halides is 3. The summed E-state index contributed by atoms with van der Waals surface area (Å²) in [6.45, 7) is 3.23. The van der Waals surface area contributed by atoms with Crippen LogP contribution in [0.3, 0.4) is 0 Å². The topological polar surface area (TPSA) is 56.7 Å². The quantitative estimate of drug-likeness (QED) is 0.547. The third-order valence-corrected chi connectivity index (χ3v) is 4.98. The van der Waals surface area contributed by atoms with E-state index in [2.05, 4.69) is 15.6 Å². The first-order valence-corrected chi connectivity index (χ1v) is 8.69. The fourth-order valence-corrected chi connectivity index (χ4v) is 3.52. The molecule has 0 heterocycles. The predicted molar refractivity (Wildman–Crippen MR) is 84.3 cm³/mol. The van der Waals surface area contributed by atoms with Crippen LogP contribution in [0.2, 0.25) is 0 Å². The maximum Gasteiger partial charge on any atom is 0.391 e. The minimum absolute atomic E-state index is 0.0416. The van der Waals surface area contributed by atoms with E-state index in [1.807, 2.05) is 6.92 Å². The van der Waals surface area contributed by atoms with E-state index >= 15 is 0 Å². The Hall–Kier alpha value is -0.980. The van der Waals surface area contributed by atoms with Gasteiger partial charge in [-0.3, -0.25) is 4.99 Å². The van der Waals surface area contributed by atoms with Crippen LogP contribution in [0, 0.1) is 11.8 Å². The molecule has 0 aromatic rings. The SMILES string of the molecule is CCNC(=NCC1CCCC1O)NC1CCC(C(F)(F)F)CC1. The van der Waals surface area contributed by atoms with Crippen molar-refractivity contribution in [1.82, 2.24) is 10.6 Å². The molecule has 2 saturated carbocycles. The van der Waals surface area contributed by atoms with Crippen molar-refractivity contribution in [3.8, 4) is 0 Å². The van der Waals surface area contributed by atoms with Crippen LogP contribution in [-0.4, -0.2) is 42.5 Å². The summed E-state index contributed by atoms with van der Waals surface area (Å²) in [5, 5.41) is 16.2. The molecule has 2 fully saturated rings. The first kappa shape index (κ1) is 18.4. The third kappa shape index (κ3) is 5.55. The molecule has 0 radical (unpaired) electrons. The molecule has 2 unspecified atom stereocenters. The van der Waals surface area contributed by atoms with Crippen molar-refractivity contribution in [1.29, 1.82) is 0 Å². The lowest BCUT2D eigenvalue weighted by Crippen LogP contribution is -2.46. The first-order valence-electron chi connectivity index (χ1n) is 8.69. The highest BCUT2D eigenvalue weighted by atomic mass is 19.4. The summed E-state index contributed by atoms with van der Waals surface area (Å²) in [5.74, 6) is -0.304. The number of aliphatic hydroxyl groups excluding tert-OH is 1. The molecule has 134 valence electrons.